The highest BCUT2D eigenvalue weighted by molar-refractivity contribution is 5.90. The van der Waals surface area contributed by atoms with E-state index in [0.29, 0.717) is 6.54 Å². The fourth-order valence-corrected chi connectivity index (χ4v) is 1.92. The molecule has 1 aromatic heterocycles. The van der Waals surface area contributed by atoms with Gasteiger partial charge in [0.25, 0.3) is 0 Å². The molecule has 0 aliphatic rings. The molecule has 2 aromatic rings. The third-order valence-corrected chi connectivity index (χ3v) is 3.24. The summed E-state index contributed by atoms with van der Waals surface area (Å²) in [4.78, 5) is 12.0. The van der Waals surface area contributed by atoms with Crippen LogP contribution in [0.4, 0.5) is 5.69 Å². The van der Waals surface area contributed by atoms with Gasteiger partial charge in [-0.15, -0.1) is 5.10 Å². The normalized spacial score (nSPS) is 10.6. The maximum Gasteiger partial charge on any atom is 0.246 e. The number of nitrogens with one attached hydrogen (secondary N) is 2. The number of hydrogen-bond acceptors (Lipinski definition) is 4. The summed E-state index contributed by atoms with van der Waals surface area (Å²) in [5, 5.41) is 14.0. The molecule has 1 aromatic carbocycles. The Balaban J connectivity index is 1.91. The molecule has 2 N–H and O–H groups in total. The number of nitrogens with zero attached hydrogens (tertiary/aromatic N) is 3. The van der Waals surface area contributed by atoms with Gasteiger partial charge in [-0.25, -0.2) is 4.68 Å². The van der Waals surface area contributed by atoms with Crippen LogP contribution in [0.3, 0.4) is 0 Å². The molecule has 112 valence electrons. The van der Waals surface area contributed by atoms with Gasteiger partial charge in [-0.05, 0) is 43.7 Å². The van der Waals surface area contributed by atoms with Gasteiger partial charge >= 0.3 is 0 Å². The van der Waals surface area contributed by atoms with Crippen molar-refractivity contribution in [1.29, 1.82) is 0 Å². The molecular formula is C15H21N5O. The summed E-state index contributed by atoms with van der Waals surface area (Å²) >= 11 is 0. The zero-order valence-electron chi connectivity index (χ0n) is 12.7. The quantitative estimate of drug-likeness (QED) is 0.847. The first-order chi connectivity index (χ1) is 10.1. The maximum atomic E-state index is 12.0. The molecule has 0 saturated heterocycles. The number of benzene rings is 1. The summed E-state index contributed by atoms with van der Waals surface area (Å²) in [6.07, 6.45) is 1.78. The van der Waals surface area contributed by atoms with Crippen LogP contribution >= 0.6 is 0 Å². The van der Waals surface area contributed by atoms with E-state index in [2.05, 4.69) is 20.9 Å². The molecule has 2 rings (SSSR count). The largest absolute Gasteiger partial charge is 0.324 e. The van der Waals surface area contributed by atoms with Gasteiger partial charge in [-0.1, -0.05) is 18.2 Å². The van der Waals surface area contributed by atoms with E-state index in [1.807, 2.05) is 39.0 Å². The molecule has 0 saturated carbocycles. The van der Waals surface area contributed by atoms with Crippen LogP contribution in [0.1, 0.15) is 23.7 Å². The van der Waals surface area contributed by atoms with E-state index >= 15 is 0 Å². The van der Waals surface area contributed by atoms with Crippen LogP contribution in [0.2, 0.25) is 0 Å². The second-order valence-electron chi connectivity index (χ2n) is 5.04. The number of aromatic nitrogens is 3. The van der Waals surface area contributed by atoms with Crippen molar-refractivity contribution >= 4 is 11.6 Å². The van der Waals surface area contributed by atoms with Crippen LogP contribution in [0.5, 0.6) is 0 Å². The van der Waals surface area contributed by atoms with E-state index in [4.69, 9.17) is 0 Å². The molecule has 0 radical (unpaired) electrons. The van der Waals surface area contributed by atoms with E-state index < -0.39 is 0 Å². The summed E-state index contributed by atoms with van der Waals surface area (Å²) in [6, 6.07) is 5.86. The molecule has 1 heterocycles. The van der Waals surface area contributed by atoms with Crippen molar-refractivity contribution in [3.8, 4) is 0 Å². The second-order valence-corrected chi connectivity index (χ2v) is 5.04. The fraction of sp³-hybridized carbons (Fsp3) is 0.400. The predicted octanol–water partition coefficient (Wildman–Crippen LogP) is 1.64. The highest BCUT2D eigenvalue weighted by atomic mass is 16.2. The molecule has 6 nitrogen and oxygen atoms in total. The van der Waals surface area contributed by atoms with Crippen molar-refractivity contribution in [3.63, 3.8) is 0 Å². The van der Waals surface area contributed by atoms with Gasteiger partial charge in [-0.2, -0.15) is 0 Å². The van der Waals surface area contributed by atoms with E-state index in [0.717, 1.165) is 23.5 Å². The zero-order valence-corrected chi connectivity index (χ0v) is 12.7. The second kappa shape index (κ2) is 6.99. The van der Waals surface area contributed by atoms with Crippen molar-refractivity contribution in [1.82, 2.24) is 20.3 Å². The van der Waals surface area contributed by atoms with E-state index in [1.165, 1.54) is 5.56 Å². The zero-order chi connectivity index (χ0) is 15.2. The lowest BCUT2D eigenvalue weighted by Crippen LogP contribution is -2.19. The van der Waals surface area contributed by atoms with Gasteiger partial charge < -0.3 is 10.6 Å². The third kappa shape index (κ3) is 4.39. The lowest BCUT2D eigenvalue weighted by atomic mass is 10.1. The van der Waals surface area contributed by atoms with Crippen molar-refractivity contribution in [2.24, 2.45) is 0 Å². The molecule has 1 amide bonds. The first-order valence-electron chi connectivity index (χ1n) is 7.05. The average Bonchev–Trinajstić information content (AvgIpc) is 2.88. The minimum atomic E-state index is -0.113. The van der Waals surface area contributed by atoms with E-state index in [1.54, 1.807) is 10.9 Å². The summed E-state index contributed by atoms with van der Waals surface area (Å²) in [7, 11) is 0. The van der Waals surface area contributed by atoms with Crippen molar-refractivity contribution in [3.05, 3.63) is 41.2 Å². The van der Waals surface area contributed by atoms with E-state index in [9.17, 15) is 4.79 Å². The number of anilines is 1. The molecule has 0 fully saturated rings. The first kappa shape index (κ1) is 15.2. The van der Waals surface area contributed by atoms with Gasteiger partial charge in [0.1, 0.15) is 6.54 Å². The van der Waals surface area contributed by atoms with Gasteiger partial charge in [0.2, 0.25) is 5.91 Å². The van der Waals surface area contributed by atoms with Gasteiger partial charge in [0.15, 0.2) is 0 Å². The molecule has 6 heteroatoms. The van der Waals surface area contributed by atoms with Crippen LogP contribution in [0.25, 0.3) is 0 Å². The minimum Gasteiger partial charge on any atom is -0.324 e. The molecule has 0 atom stereocenters. The molecule has 0 unspecified atom stereocenters. The Kier molecular flexibility index (Phi) is 5.05. The summed E-state index contributed by atoms with van der Waals surface area (Å²) in [5.74, 6) is -0.113. The van der Waals surface area contributed by atoms with Crippen LogP contribution < -0.4 is 10.6 Å². The lowest BCUT2D eigenvalue weighted by Gasteiger charge is -2.07. The van der Waals surface area contributed by atoms with Crippen molar-refractivity contribution in [2.75, 3.05) is 11.9 Å². The number of carbonyl (C=O) groups excluding carboxylic acids is 1. The molecule has 0 spiro atoms. The summed E-state index contributed by atoms with van der Waals surface area (Å²) in [5.41, 5.74) is 3.99. The first-order valence-corrected chi connectivity index (χ1v) is 7.05. The third-order valence-electron chi connectivity index (χ3n) is 3.24. The number of rotatable bonds is 6. The van der Waals surface area contributed by atoms with Crippen LogP contribution in [-0.4, -0.2) is 27.4 Å². The Morgan fingerprint density at radius 2 is 2.10 bits per heavy atom. The Labute approximate surface area is 124 Å². The lowest BCUT2D eigenvalue weighted by molar-refractivity contribution is -0.116. The highest BCUT2D eigenvalue weighted by Gasteiger charge is 2.07. The van der Waals surface area contributed by atoms with Crippen molar-refractivity contribution in [2.45, 2.75) is 33.9 Å². The number of amides is 1. The number of carbonyl (C=O) groups is 1. The topological polar surface area (TPSA) is 71.8 Å². The van der Waals surface area contributed by atoms with E-state index in [-0.39, 0.29) is 12.5 Å². The molecule has 0 bridgehead atoms. The molecule has 21 heavy (non-hydrogen) atoms. The molecule has 0 aliphatic carbocycles. The molecule has 0 aliphatic heterocycles. The van der Waals surface area contributed by atoms with Gasteiger partial charge in [-0.3, -0.25) is 4.79 Å². The fourth-order valence-electron chi connectivity index (χ4n) is 1.92. The Hall–Kier alpha value is -2.21. The Bertz CT molecular complexity index is 620. The van der Waals surface area contributed by atoms with Crippen molar-refractivity contribution < 1.29 is 4.79 Å². The van der Waals surface area contributed by atoms with Crippen LogP contribution in [0.15, 0.2) is 24.4 Å². The number of aryl methyl sites for hydroxylation is 2. The summed E-state index contributed by atoms with van der Waals surface area (Å²) in [6.45, 7) is 7.79. The Morgan fingerprint density at radius 1 is 1.29 bits per heavy atom. The van der Waals surface area contributed by atoms with Crippen LogP contribution in [0, 0.1) is 13.8 Å². The minimum absolute atomic E-state index is 0.113. The van der Waals surface area contributed by atoms with Crippen LogP contribution in [-0.2, 0) is 17.9 Å². The summed E-state index contributed by atoms with van der Waals surface area (Å²) < 4.78 is 1.54. The average molecular weight is 287 g/mol. The highest BCUT2D eigenvalue weighted by Crippen LogP contribution is 2.14. The maximum absolute atomic E-state index is 12.0. The van der Waals surface area contributed by atoms with Gasteiger partial charge in [0.05, 0.1) is 11.9 Å². The Morgan fingerprint density at radius 3 is 2.81 bits per heavy atom. The standard InChI is InChI=1S/C15H21N5O/c1-4-16-8-14-9-20(19-18-14)10-15(21)17-13-6-5-11(2)12(3)7-13/h5-7,9,16H,4,8,10H2,1-3H3,(H,17,21). The SMILES string of the molecule is CCNCc1cn(CC(=O)Nc2ccc(C)c(C)c2)nn1. The molecular weight excluding hydrogens is 266 g/mol. The van der Waals surface area contributed by atoms with Gasteiger partial charge in [0, 0.05) is 12.2 Å². The predicted molar refractivity (Wildman–Crippen MR) is 81.9 cm³/mol. The monoisotopic (exact) mass is 287 g/mol. The smallest absolute Gasteiger partial charge is 0.246 e. The number of hydrogen-bond donors (Lipinski definition) is 2.